The Labute approximate surface area is 150 Å². The highest BCUT2D eigenvalue weighted by molar-refractivity contribution is 5.92. The van der Waals surface area contributed by atoms with Crippen LogP contribution in [0.25, 0.3) is 0 Å². The Morgan fingerprint density at radius 1 is 1.28 bits per heavy atom. The normalized spacial score (nSPS) is 10.8. The third-order valence-corrected chi connectivity index (χ3v) is 3.97. The molecule has 0 saturated carbocycles. The largest absolute Gasteiger partial charge is 0.494 e. The van der Waals surface area contributed by atoms with Crippen molar-refractivity contribution in [3.8, 4) is 5.75 Å². The minimum absolute atomic E-state index is 0.0859. The van der Waals surface area contributed by atoms with E-state index < -0.39 is 0 Å². The van der Waals surface area contributed by atoms with E-state index >= 15 is 0 Å². The highest BCUT2D eigenvalue weighted by Gasteiger charge is 2.14. The van der Waals surface area contributed by atoms with Crippen molar-refractivity contribution in [1.29, 1.82) is 0 Å². The molecule has 2 rings (SSSR count). The molecule has 25 heavy (non-hydrogen) atoms. The van der Waals surface area contributed by atoms with Crippen LogP contribution in [0.15, 0.2) is 36.5 Å². The first kappa shape index (κ1) is 18.9. The number of aryl methyl sites for hydroxylation is 1. The molecule has 0 aliphatic rings. The second-order valence-electron chi connectivity index (χ2n) is 6.38. The molecule has 0 spiro atoms. The highest BCUT2D eigenvalue weighted by atomic mass is 16.5. The number of amides is 1. The molecular weight excluding hydrogens is 314 g/mol. The van der Waals surface area contributed by atoms with Crippen LogP contribution in [0, 0.1) is 0 Å². The van der Waals surface area contributed by atoms with Crippen molar-refractivity contribution in [3.63, 3.8) is 0 Å². The molecule has 0 N–H and O–H groups in total. The van der Waals surface area contributed by atoms with Crippen molar-refractivity contribution < 1.29 is 9.53 Å². The zero-order valence-corrected chi connectivity index (χ0v) is 15.5. The van der Waals surface area contributed by atoms with Gasteiger partial charge in [-0.1, -0.05) is 32.9 Å². The molecular formula is C20H27N3O2. The van der Waals surface area contributed by atoms with Crippen molar-refractivity contribution in [2.24, 2.45) is 0 Å². The highest BCUT2D eigenvalue weighted by Crippen LogP contribution is 2.14. The smallest absolute Gasteiger partial charge is 0.272 e. The Morgan fingerprint density at radius 2 is 2.08 bits per heavy atom. The summed E-state index contributed by atoms with van der Waals surface area (Å²) >= 11 is 0. The van der Waals surface area contributed by atoms with E-state index in [4.69, 9.17) is 4.74 Å². The number of hydrogen-bond acceptors (Lipinski definition) is 4. The average Bonchev–Trinajstić information content (AvgIpc) is 2.64. The molecule has 2 aromatic rings. The third kappa shape index (κ3) is 5.55. The first-order valence-electron chi connectivity index (χ1n) is 8.81. The average molecular weight is 341 g/mol. The van der Waals surface area contributed by atoms with Crippen LogP contribution in [0.4, 0.5) is 0 Å². The number of carbonyl (C=O) groups excluding carboxylic acids is 1. The number of nitrogens with zero attached hydrogens (tertiary/aromatic N) is 3. The van der Waals surface area contributed by atoms with Crippen LogP contribution >= 0.6 is 0 Å². The van der Waals surface area contributed by atoms with Gasteiger partial charge in [-0.15, -0.1) is 0 Å². The molecule has 134 valence electrons. The summed E-state index contributed by atoms with van der Waals surface area (Å²) in [7, 11) is 1.79. The molecule has 5 nitrogen and oxygen atoms in total. The van der Waals surface area contributed by atoms with E-state index in [0.717, 1.165) is 18.6 Å². The maximum absolute atomic E-state index is 12.5. The van der Waals surface area contributed by atoms with Crippen molar-refractivity contribution in [2.75, 3.05) is 20.2 Å². The van der Waals surface area contributed by atoms with Gasteiger partial charge in [0.05, 0.1) is 6.61 Å². The number of aromatic nitrogens is 2. The molecule has 0 saturated heterocycles. The van der Waals surface area contributed by atoms with Gasteiger partial charge >= 0.3 is 0 Å². The van der Waals surface area contributed by atoms with Gasteiger partial charge in [0, 0.05) is 25.7 Å². The van der Waals surface area contributed by atoms with Crippen LogP contribution in [0.3, 0.4) is 0 Å². The molecule has 5 heteroatoms. The van der Waals surface area contributed by atoms with Gasteiger partial charge in [0.25, 0.3) is 5.91 Å². The van der Waals surface area contributed by atoms with E-state index in [9.17, 15) is 4.79 Å². The molecule has 0 atom stereocenters. The SMILES string of the molecule is CCc1cccc(OCCCN(C)C(=O)c2ccnc(C(C)C)n2)c1. The lowest BCUT2D eigenvalue weighted by Crippen LogP contribution is -2.29. The number of ether oxygens (including phenoxy) is 1. The number of benzene rings is 1. The van der Waals surface area contributed by atoms with Crippen molar-refractivity contribution in [1.82, 2.24) is 14.9 Å². The summed E-state index contributed by atoms with van der Waals surface area (Å²) in [5.41, 5.74) is 1.70. The lowest BCUT2D eigenvalue weighted by molar-refractivity contribution is 0.0781. The minimum Gasteiger partial charge on any atom is -0.494 e. The number of carbonyl (C=O) groups is 1. The van der Waals surface area contributed by atoms with Crippen LogP contribution in [0.1, 0.15) is 55.0 Å². The summed E-state index contributed by atoms with van der Waals surface area (Å²) in [6.07, 6.45) is 3.40. The van der Waals surface area contributed by atoms with Gasteiger partial charge in [-0.2, -0.15) is 0 Å². The molecule has 1 heterocycles. The molecule has 1 amide bonds. The van der Waals surface area contributed by atoms with E-state index in [1.165, 1.54) is 5.56 Å². The van der Waals surface area contributed by atoms with Gasteiger partial charge < -0.3 is 9.64 Å². The summed E-state index contributed by atoms with van der Waals surface area (Å²) < 4.78 is 5.77. The fourth-order valence-corrected chi connectivity index (χ4v) is 2.42. The summed E-state index contributed by atoms with van der Waals surface area (Å²) in [5.74, 6) is 1.69. The Bertz CT molecular complexity index is 701. The van der Waals surface area contributed by atoms with Crippen molar-refractivity contribution in [2.45, 2.75) is 39.5 Å². The van der Waals surface area contributed by atoms with Crippen LogP contribution in [0.2, 0.25) is 0 Å². The van der Waals surface area contributed by atoms with E-state index in [2.05, 4.69) is 29.0 Å². The van der Waals surface area contributed by atoms with E-state index in [-0.39, 0.29) is 11.8 Å². The molecule has 0 radical (unpaired) electrons. The molecule has 0 bridgehead atoms. The maximum Gasteiger partial charge on any atom is 0.272 e. The monoisotopic (exact) mass is 341 g/mol. The molecule has 0 unspecified atom stereocenters. The van der Waals surface area contributed by atoms with Gasteiger partial charge in [0.1, 0.15) is 17.3 Å². The predicted molar refractivity (Wildman–Crippen MR) is 99.0 cm³/mol. The van der Waals surface area contributed by atoms with Crippen LogP contribution in [-0.4, -0.2) is 41.0 Å². The molecule has 1 aromatic heterocycles. The topological polar surface area (TPSA) is 55.3 Å². The van der Waals surface area contributed by atoms with Gasteiger partial charge in [0.2, 0.25) is 0 Å². The summed E-state index contributed by atoms with van der Waals surface area (Å²) in [6, 6.07) is 9.78. The van der Waals surface area contributed by atoms with Gasteiger partial charge in [-0.25, -0.2) is 9.97 Å². The second-order valence-corrected chi connectivity index (χ2v) is 6.38. The fourth-order valence-electron chi connectivity index (χ4n) is 2.42. The zero-order chi connectivity index (χ0) is 18.2. The molecule has 0 aliphatic heterocycles. The third-order valence-electron chi connectivity index (χ3n) is 3.97. The maximum atomic E-state index is 12.5. The van der Waals surface area contributed by atoms with E-state index in [1.54, 1.807) is 24.2 Å². The summed E-state index contributed by atoms with van der Waals surface area (Å²) in [5, 5.41) is 0. The summed E-state index contributed by atoms with van der Waals surface area (Å²) in [4.78, 5) is 22.7. The first-order valence-corrected chi connectivity index (χ1v) is 8.81. The zero-order valence-electron chi connectivity index (χ0n) is 15.5. The van der Waals surface area contributed by atoms with Gasteiger partial charge in [-0.05, 0) is 36.6 Å². The quantitative estimate of drug-likeness (QED) is 0.687. The Balaban J connectivity index is 1.82. The lowest BCUT2D eigenvalue weighted by atomic mass is 10.2. The van der Waals surface area contributed by atoms with E-state index in [0.29, 0.717) is 24.7 Å². The Hall–Kier alpha value is -2.43. The number of hydrogen-bond donors (Lipinski definition) is 0. The molecule has 0 fully saturated rings. The molecule has 0 aliphatic carbocycles. The second kappa shape index (κ2) is 9.16. The van der Waals surface area contributed by atoms with Crippen LogP contribution in [-0.2, 0) is 6.42 Å². The van der Waals surface area contributed by atoms with Crippen molar-refractivity contribution >= 4 is 5.91 Å². The van der Waals surface area contributed by atoms with Gasteiger partial charge in [0.15, 0.2) is 0 Å². The Morgan fingerprint density at radius 3 is 2.80 bits per heavy atom. The fraction of sp³-hybridized carbons (Fsp3) is 0.450. The summed E-state index contributed by atoms with van der Waals surface area (Å²) in [6.45, 7) is 7.34. The Kier molecular flexibility index (Phi) is 6.92. The van der Waals surface area contributed by atoms with Crippen LogP contribution < -0.4 is 4.74 Å². The molecule has 1 aromatic carbocycles. The van der Waals surface area contributed by atoms with Crippen molar-refractivity contribution in [3.05, 3.63) is 53.6 Å². The number of rotatable bonds is 8. The van der Waals surface area contributed by atoms with Crippen LogP contribution in [0.5, 0.6) is 5.75 Å². The first-order chi connectivity index (χ1) is 12.0. The van der Waals surface area contributed by atoms with E-state index in [1.807, 2.05) is 26.0 Å². The lowest BCUT2D eigenvalue weighted by Gasteiger charge is -2.17. The van der Waals surface area contributed by atoms with Gasteiger partial charge in [-0.3, -0.25) is 4.79 Å². The predicted octanol–water partition coefficient (Wildman–Crippen LogP) is 3.70. The minimum atomic E-state index is -0.0859. The standard InChI is InChI=1S/C20H27N3O2/c1-5-16-8-6-9-17(14-16)25-13-7-12-23(4)20(24)18-10-11-21-19(22-18)15(2)3/h6,8-11,14-15H,5,7,12-13H2,1-4H3.